The van der Waals surface area contributed by atoms with Crippen LogP contribution in [0.1, 0.15) is 20.3 Å². The van der Waals surface area contributed by atoms with Gasteiger partial charge < -0.3 is 15.4 Å². The number of hydrogen-bond acceptors (Lipinski definition) is 5. The number of amides is 1. The lowest BCUT2D eigenvalue weighted by atomic mass is 10.3. The fourth-order valence-corrected chi connectivity index (χ4v) is 1.67. The van der Waals surface area contributed by atoms with Crippen LogP contribution in [0.5, 0.6) is 0 Å². The van der Waals surface area contributed by atoms with Crippen molar-refractivity contribution in [2.24, 2.45) is 0 Å². The van der Waals surface area contributed by atoms with Crippen molar-refractivity contribution < 1.29 is 9.53 Å². The van der Waals surface area contributed by atoms with Crippen LogP contribution in [-0.2, 0) is 16.1 Å². The maximum atomic E-state index is 11.8. The fourth-order valence-electron chi connectivity index (χ4n) is 1.67. The second kappa shape index (κ2) is 8.31. The zero-order chi connectivity index (χ0) is 15.0. The molecule has 0 bridgehead atoms. The third kappa shape index (κ3) is 5.40. The first-order chi connectivity index (χ1) is 9.56. The highest BCUT2D eigenvalue weighted by Crippen LogP contribution is 1.99. The van der Waals surface area contributed by atoms with Crippen LogP contribution < -0.4 is 16.2 Å². The normalized spacial score (nSPS) is 11.9. The van der Waals surface area contributed by atoms with Gasteiger partial charge in [-0.05, 0) is 13.3 Å². The van der Waals surface area contributed by atoms with Crippen LogP contribution in [0.4, 0.5) is 5.69 Å². The van der Waals surface area contributed by atoms with Crippen molar-refractivity contribution in [3.63, 3.8) is 0 Å². The van der Waals surface area contributed by atoms with Gasteiger partial charge in [0.1, 0.15) is 6.54 Å². The molecule has 0 radical (unpaired) electrons. The lowest BCUT2D eigenvalue weighted by molar-refractivity contribution is -0.122. The number of hydrogen-bond donors (Lipinski definition) is 2. The Morgan fingerprint density at radius 2 is 2.30 bits per heavy atom. The van der Waals surface area contributed by atoms with E-state index < -0.39 is 0 Å². The van der Waals surface area contributed by atoms with Gasteiger partial charge in [-0.2, -0.15) is 5.10 Å². The average Bonchev–Trinajstić information content (AvgIpc) is 2.39. The molecule has 0 fully saturated rings. The molecule has 20 heavy (non-hydrogen) atoms. The van der Waals surface area contributed by atoms with Crippen LogP contribution in [-0.4, -0.2) is 42.0 Å². The molecule has 1 unspecified atom stereocenters. The highest BCUT2D eigenvalue weighted by Gasteiger charge is 2.09. The van der Waals surface area contributed by atoms with Crippen molar-refractivity contribution in [3.05, 3.63) is 22.6 Å². The number of rotatable bonds is 8. The van der Waals surface area contributed by atoms with E-state index in [0.717, 1.165) is 17.6 Å². The summed E-state index contributed by atoms with van der Waals surface area (Å²) >= 11 is 0. The van der Waals surface area contributed by atoms with Gasteiger partial charge in [-0.1, -0.05) is 6.92 Å². The molecule has 1 aromatic heterocycles. The third-order valence-corrected chi connectivity index (χ3v) is 2.57. The van der Waals surface area contributed by atoms with Crippen LogP contribution in [0.25, 0.3) is 0 Å². The Hall–Kier alpha value is -1.89. The summed E-state index contributed by atoms with van der Waals surface area (Å²) in [7, 11) is 1.57. The van der Waals surface area contributed by atoms with Gasteiger partial charge in [0.05, 0.1) is 18.5 Å². The Labute approximate surface area is 118 Å². The minimum Gasteiger partial charge on any atom is -0.384 e. The Bertz CT molecular complexity index is 487. The van der Waals surface area contributed by atoms with E-state index in [9.17, 15) is 9.59 Å². The zero-order valence-electron chi connectivity index (χ0n) is 12.2. The number of anilines is 1. The van der Waals surface area contributed by atoms with Gasteiger partial charge in [0, 0.05) is 25.8 Å². The summed E-state index contributed by atoms with van der Waals surface area (Å²) in [5, 5.41) is 9.77. The van der Waals surface area contributed by atoms with Crippen LogP contribution in [0, 0.1) is 0 Å². The summed E-state index contributed by atoms with van der Waals surface area (Å²) < 4.78 is 6.06. The predicted octanol–water partition coefficient (Wildman–Crippen LogP) is 0.216. The molecule has 0 aromatic carbocycles. The van der Waals surface area contributed by atoms with Gasteiger partial charge in [0.2, 0.25) is 5.91 Å². The smallest absolute Gasteiger partial charge is 0.269 e. The number of nitrogens with zero attached hydrogens (tertiary/aromatic N) is 2. The Morgan fingerprint density at radius 3 is 2.90 bits per heavy atom. The summed E-state index contributed by atoms with van der Waals surface area (Å²) in [6.07, 6.45) is 2.51. The Kier molecular flexibility index (Phi) is 6.72. The SMILES string of the molecule is CCCNc1cnn(CC(=O)NC(C)COC)c(=O)c1. The molecule has 1 rings (SSSR count). The minimum absolute atomic E-state index is 0.0963. The third-order valence-electron chi connectivity index (χ3n) is 2.57. The molecule has 0 spiro atoms. The van der Waals surface area contributed by atoms with Gasteiger partial charge >= 0.3 is 0 Å². The number of carbonyl (C=O) groups excluding carboxylic acids is 1. The zero-order valence-corrected chi connectivity index (χ0v) is 12.2. The van der Waals surface area contributed by atoms with Gasteiger partial charge in [-0.25, -0.2) is 4.68 Å². The highest BCUT2D eigenvalue weighted by atomic mass is 16.5. The van der Waals surface area contributed by atoms with Crippen molar-refractivity contribution in [1.29, 1.82) is 0 Å². The maximum Gasteiger partial charge on any atom is 0.269 e. The molecule has 112 valence electrons. The van der Waals surface area contributed by atoms with Crippen LogP contribution >= 0.6 is 0 Å². The molecule has 1 amide bonds. The van der Waals surface area contributed by atoms with E-state index in [2.05, 4.69) is 15.7 Å². The highest BCUT2D eigenvalue weighted by molar-refractivity contribution is 5.75. The largest absolute Gasteiger partial charge is 0.384 e. The summed E-state index contributed by atoms with van der Waals surface area (Å²) in [5.41, 5.74) is 0.363. The molecule has 2 N–H and O–H groups in total. The monoisotopic (exact) mass is 282 g/mol. The number of methoxy groups -OCH3 is 1. The molecule has 0 aliphatic carbocycles. The van der Waals surface area contributed by atoms with E-state index in [-0.39, 0.29) is 24.1 Å². The van der Waals surface area contributed by atoms with Gasteiger partial charge in [0.15, 0.2) is 0 Å². The molecule has 0 aliphatic rings. The number of carbonyl (C=O) groups is 1. The average molecular weight is 282 g/mol. The van der Waals surface area contributed by atoms with E-state index in [1.54, 1.807) is 13.3 Å². The predicted molar refractivity (Wildman–Crippen MR) is 76.8 cm³/mol. The summed E-state index contributed by atoms with van der Waals surface area (Å²) in [6.45, 7) is 4.97. The summed E-state index contributed by atoms with van der Waals surface area (Å²) in [6, 6.07) is 1.34. The van der Waals surface area contributed by atoms with Crippen molar-refractivity contribution in [3.8, 4) is 0 Å². The Balaban J connectivity index is 2.59. The molecule has 0 saturated carbocycles. The first-order valence-electron chi connectivity index (χ1n) is 6.66. The van der Waals surface area contributed by atoms with Crippen LogP contribution in [0.2, 0.25) is 0 Å². The number of ether oxygens (including phenoxy) is 1. The minimum atomic E-state index is -0.305. The Morgan fingerprint density at radius 1 is 1.55 bits per heavy atom. The van der Waals surface area contributed by atoms with E-state index in [1.807, 2.05) is 13.8 Å². The fraction of sp³-hybridized carbons (Fsp3) is 0.615. The van der Waals surface area contributed by atoms with Crippen LogP contribution in [0.15, 0.2) is 17.1 Å². The molecular weight excluding hydrogens is 260 g/mol. The molecular formula is C13H22N4O3. The second-order valence-electron chi connectivity index (χ2n) is 4.59. The molecule has 1 aromatic rings. The molecule has 7 heteroatoms. The van der Waals surface area contributed by atoms with Crippen LogP contribution in [0.3, 0.4) is 0 Å². The van der Waals surface area contributed by atoms with Crippen molar-refractivity contribution >= 4 is 11.6 Å². The van der Waals surface area contributed by atoms with Gasteiger partial charge in [-0.15, -0.1) is 0 Å². The van der Waals surface area contributed by atoms with Gasteiger partial charge in [-0.3, -0.25) is 9.59 Å². The lowest BCUT2D eigenvalue weighted by Crippen LogP contribution is -2.40. The molecule has 0 aliphatic heterocycles. The van der Waals surface area contributed by atoms with E-state index in [1.165, 1.54) is 6.07 Å². The summed E-state index contributed by atoms with van der Waals surface area (Å²) in [4.78, 5) is 23.5. The first-order valence-corrected chi connectivity index (χ1v) is 6.66. The number of nitrogens with one attached hydrogen (secondary N) is 2. The number of aromatic nitrogens is 2. The van der Waals surface area contributed by atoms with Crippen molar-refractivity contribution in [2.75, 3.05) is 25.6 Å². The standard InChI is InChI=1S/C13H22N4O3/c1-4-5-14-11-6-13(19)17(15-7-11)8-12(18)16-10(2)9-20-3/h6-7,10,14H,4-5,8-9H2,1-3H3,(H,16,18). The molecule has 0 saturated heterocycles. The first kappa shape index (κ1) is 16.2. The molecule has 1 heterocycles. The maximum absolute atomic E-state index is 11.8. The van der Waals surface area contributed by atoms with E-state index in [0.29, 0.717) is 12.3 Å². The summed E-state index contributed by atoms with van der Waals surface area (Å²) in [5.74, 6) is -0.265. The second-order valence-corrected chi connectivity index (χ2v) is 4.59. The van der Waals surface area contributed by atoms with Crippen molar-refractivity contribution in [1.82, 2.24) is 15.1 Å². The van der Waals surface area contributed by atoms with E-state index >= 15 is 0 Å². The quantitative estimate of drug-likeness (QED) is 0.712. The molecule has 7 nitrogen and oxygen atoms in total. The topological polar surface area (TPSA) is 85.2 Å². The van der Waals surface area contributed by atoms with Gasteiger partial charge in [0.25, 0.3) is 5.56 Å². The van der Waals surface area contributed by atoms with Crippen molar-refractivity contribution in [2.45, 2.75) is 32.9 Å². The molecule has 1 atom stereocenters. The lowest BCUT2D eigenvalue weighted by Gasteiger charge is -2.13. The van der Waals surface area contributed by atoms with E-state index in [4.69, 9.17) is 4.74 Å².